The zero-order valence-electron chi connectivity index (χ0n) is 11.1. The Balaban J connectivity index is 1.84. The van der Waals surface area contributed by atoms with Gasteiger partial charge in [-0.25, -0.2) is 0 Å². The summed E-state index contributed by atoms with van der Waals surface area (Å²) >= 11 is 11.0. The van der Waals surface area contributed by atoms with Crippen molar-refractivity contribution in [2.24, 2.45) is 0 Å². The molecule has 1 saturated heterocycles. The number of nitrogens with one attached hydrogen (secondary N) is 2. The van der Waals surface area contributed by atoms with Gasteiger partial charge in [-0.2, -0.15) is 8.78 Å². The SMILES string of the molecule is FC(F)Oc1ccc(NC(=S)NC[C@H]2CCCO2)cc1Cl. The van der Waals surface area contributed by atoms with Crippen molar-refractivity contribution in [3.63, 3.8) is 0 Å². The van der Waals surface area contributed by atoms with Crippen molar-refractivity contribution < 1.29 is 18.3 Å². The van der Waals surface area contributed by atoms with E-state index in [-0.39, 0.29) is 16.9 Å². The average molecular weight is 337 g/mol. The van der Waals surface area contributed by atoms with Crippen molar-refractivity contribution in [3.05, 3.63) is 23.2 Å². The highest BCUT2D eigenvalue weighted by Gasteiger charge is 2.15. The molecule has 1 aliphatic heterocycles. The summed E-state index contributed by atoms with van der Waals surface area (Å²) in [5.74, 6) is -0.0737. The van der Waals surface area contributed by atoms with Gasteiger partial charge in [0.15, 0.2) is 5.11 Å². The molecule has 1 atom stereocenters. The molecule has 0 spiro atoms. The van der Waals surface area contributed by atoms with E-state index in [1.54, 1.807) is 6.07 Å². The van der Waals surface area contributed by atoms with Gasteiger partial charge < -0.3 is 20.1 Å². The Bertz CT molecular complexity index is 499. The van der Waals surface area contributed by atoms with Crippen molar-refractivity contribution in [2.45, 2.75) is 25.6 Å². The van der Waals surface area contributed by atoms with Crippen molar-refractivity contribution in [1.29, 1.82) is 0 Å². The Kier molecular flexibility index (Phi) is 5.96. The van der Waals surface area contributed by atoms with Gasteiger partial charge in [0, 0.05) is 18.8 Å². The molecular weight excluding hydrogens is 322 g/mol. The number of benzene rings is 1. The first-order chi connectivity index (χ1) is 10.0. The molecule has 0 bridgehead atoms. The molecule has 0 saturated carbocycles. The van der Waals surface area contributed by atoms with Gasteiger partial charge in [-0.15, -0.1) is 0 Å². The molecule has 1 aliphatic rings. The Morgan fingerprint density at radius 3 is 2.95 bits per heavy atom. The molecule has 1 fully saturated rings. The number of halogens is 3. The minimum Gasteiger partial charge on any atom is -0.433 e. The Hall–Kier alpha value is -1.18. The van der Waals surface area contributed by atoms with E-state index in [0.717, 1.165) is 19.4 Å². The van der Waals surface area contributed by atoms with Crippen LogP contribution in [0.25, 0.3) is 0 Å². The second-order valence-electron chi connectivity index (χ2n) is 4.49. The Morgan fingerprint density at radius 2 is 2.33 bits per heavy atom. The van der Waals surface area contributed by atoms with Gasteiger partial charge in [0.2, 0.25) is 0 Å². The zero-order chi connectivity index (χ0) is 15.2. The maximum absolute atomic E-state index is 12.1. The van der Waals surface area contributed by atoms with E-state index in [2.05, 4.69) is 15.4 Å². The predicted molar refractivity (Wildman–Crippen MR) is 81.3 cm³/mol. The van der Waals surface area contributed by atoms with E-state index in [0.29, 0.717) is 17.3 Å². The summed E-state index contributed by atoms with van der Waals surface area (Å²) in [6.07, 6.45) is 2.25. The van der Waals surface area contributed by atoms with E-state index in [1.165, 1.54) is 12.1 Å². The number of rotatable bonds is 5. The van der Waals surface area contributed by atoms with E-state index in [4.69, 9.17) is 28.6 Å². The van der Waals surface area contributed by atoms with Crippen LogP contribution in [0.1, 0.15) is 12.8 Å². The van der Waals surface area contributed by atoms with Gasteiger partial charge in [-0.05, 0) is 43.3 Å². The normalized spacial score (nSPS) is 17.8. The molecule has 1 aromatic rings. The molecule has 0 aliphatic carbocycles. The fourth-order valence-corrected chi connectivity index (χ4v) is 2.38. The molecule has 21 heavy (non-hydrogen) atoms. The second kappa shape index (κ2) is 7.72. The summed E-state index contributed by atoms with van der Waals surface area (Å²) in [6, 6.07) is 4.39. The third kappa shape index (κ3) is 5.26. The van der Waals surface area contributed by atoms with Gasteiger partial charge in [-0.1, -0.05) is 11.6 Å². The Labute approximate surface area is 131 Å². The van der Waals surface area contributed by atoms with Gasteiger partial charge in [-0.3, -0.25) is 0 Å². The molecule has 116 valence electrons. The van der Waals surface area contributed by atoms with Crippen molar-refractivity contribution in [2.75, 3.05) is 18.5 Å². The van der Waals surface area contributed by atoms with Crippen molar-refractivity contribution in [3.8, 4) is 5.75 Å². The van der Waals surface area contributed by atoms with Crippen LogP contribution in [0.2, 0.25) is 5.02 Å². The lowest BCUT2D eigenvalue weighted by Crippen LogP contribution is -2.34. The first-order valence-corrected chi connectivity index (χ1v) is 7.24. The van der Waals surface area contributed by atoms with Crippen LogP contribution in [-0.4, -0.2) is 31.0 Å². The molecule has 1 heterocycles. The van der Waals surface area contributed by atoms with E-state index in [9.17, 15) is 8.78 Å². The van der Waals surface area contributed by atoms with Crippen molar-refractivity contribution >= 4 is 34.6 Å². The maximum Gasteiger partial charge on any atom is 0.387 e. The highest BCUT2D eigenvalue weighted by molar-refractivity contribution is 7.80. The molecule has 0 unspecified atom stereocenters. The fourth-order valence-electron chi connectivity index (χ4n) is 1.96. The zero-order valence-corrected chi connectivity index (χ0v) is 12.6. The smallest absolute Gasteiger partial charge is 0.387 e. The van der Waals surface area contributed by atoms with Crippen LogP contribution in [0.3, 0.4) is 0 Å². The van der Waals surface area contributed by atoms with Crippen LogP contribution in [-0.2, 0) is 4.74 Å². The molecule has 0 aromatic heterocycles. The number of anilines is 1. The standard InChI is InChI=1S/C13H15ClF2N2O2S/c14-10-6-8(3-4-11(10)20-12(15)16)18-13(21)17-7-9-2-1-5-19-9/h3-4,6,9,12H,1-2,5,7H2,(H2,17,18,21)/t9-/m1/s1. The van der Waals surface area contributed by atoms with Crippen LogP contribution < -0.4 is 15.4 Å². The van der Waals surface area contributed by atoms with Gasteiger partial charge in [0.1, 0.15) is 5.75 Å². The molecular formula is C13H15ClF2N2O2S. The lowest BCUT2D eigenvalue weighted by Gasteiger charge is -2.14. The van der Waals surface area contributed by atoms with Crippen LogP contribution in [0.4, 0.5) is 14.5 Å². The van der Waals surface area contributed by atoms with Crippen LogP contribution in [0.15, 0.2) is 18.2 Å². The summed E-state index contributed by atoms with van der Waals surface area (Å²) in [4.78, 5) is 0. The molecule has 4 nitrogen and oxygen atoms in total. The average Bonchev–Trinajstić information content (AvgIpc) is 2.92. The third-order valence-corrected chi connectivity index (χ3v) is 3.46. The van der Waals surface area contributed by atoms with E-state index in [1.807, 2.05) is 0 Å². The highest BCUT2D eigenvalue weighted by atomic mass is 35.5. The van der Waals surface area contributed by atoms with Gasteiger partial charge >= 0.3 is 6.61 Å². The lowest BCUT2D eigenvalue weighted by molar-refractivity contribution is -0.0497. The minimum absolute atomic E-state index is 0.0737. The first kappa shape index (κ1) is 16.2. The largest absolute Gasteiger partial charge is 0.433 e. The summed E-state index contributed by atoms with van der Waals surface area (Å²) in [6.45, 7) is -1.49. The number of ether oxygens (including phenoxy) is 2. The molecule has 2 N–H and O–H groups in total. The first-order valence-electron chi connectivity index (χ1n) is 6.45. The van der Waals surface area contributed by atoms with E-state index >= 15 is 0 Å². The molecule has 8 heteroatoms. The summed E-state index contributed by atoms with van der Waals surface area (Å²) in [7, 11) is 0. The lowest BCUT2D eigenvalue weighted by atomic mass is 10.2. The maximum atomic E-state index is 12.1. The van der Waals surface area contributed by atoms with Crippen LogP contribution in [0.5, 0.6) is 5.75 Å². The Morgan fingerprint density at radius 1 is 1.52 bits per heavy atom. The van der Waals surface area contributed by atoms with Crippen LogP contribution >= 0.6 is 23.8 Å². The molecule has 0 radical (unpaired) electrons. The number of thiocarbonyl (C=S) groups is 1. The quantitative estimate of drug-likeness (QED) is 0.807. The van der Waals surface area contributed by atoms with Gasteiger partial charge in [0.25, 0.3) is 0 Å². The second-order valence-corrected chi connectivity index (χ2v) is 5.31. The monoisotopic (exact) mass is 336 g/mol. The summed E-state index contributed by atoms with van der Waals surface area (Å²) in [5, 5.41) is 6.47. The van der Waals surface area contributed by atoms with Crippen LogP contribution in [0, 0.1) is 0 Å². The van der Waals surface area contributed by atoms with Crippen molar-refractivity contribution in [1.82, 2.24) is 5.32 Å². The molecule has 1 aromatic carbocycles. The number of hydrogen-bond donors (Lipinski definition) is 2. The molecule has 0 amide bonds. The number of alkyl halides is 2. The summed E-state index contributed by atoms with van der Waals surface area (Å²) in [5.41, 5.74) is 0.589. The predicted octanol–water partition coefficient (Wildman–Crippen LogP) is 3.41. The summed E-state index contributed by atoms with van der Waals surface area (Å²) < 4.78 is 34.0. The van der Waals surface area contributed by atoms with Gasteiger partial charge in [0.05, 0.1) is 11.1 Å². The number of hydrogen-bond acceptors (Lipinski definition) is 3. The van der Waals surface area contributed by atoms with E-state index < -0.39 is 6.61 Å². The fraction of sp³-hybridized carbons (Fsp3) is 0.462. The minimum atomic E-state index is -2.91. The molecule has 2 rings (SSSR count). The topological polar surface area (TPSA) is 42.5 Å². The highest BCUT2D eigenvalue weighted by Crippen LogP contribution is 2.28. The third-order valence-electron chi connectivity index (χ3n) is 2.92.